The van der Waals surface area contributed by atoms with Crippen molar-refractivity contribution >= 4 is 11.8 Å². The Morgan fingerprint density at radius 1 is 1.21 bits per heavy atom. The molecule has 0 bridgehead atoms. The van der Waals surface area contributed by atoms with Crippen LogP contribution >= 0.6 is 0 Å². The highest BCUT2D eigenvalue weighted by atomic mass is 16.4. The maximum atomic E-state index is 10.9. The van der Waals surface area contributed by atoms with Crippen molar-refractivity contribution in [2.24, 2.45) is 5.41 Å². The van der Waals surface area contributed by atoms with E-state index in [1.807, 2.05) is 6.20 Å². The van der Waals surface area contributed by atoms with Crippen LogP contribution < -0.4 is 5.32 Å². The highest BCUT2D eigenvalue weighted by Gasteiger charge is 2.32. The molecule has 5 nitrogen and oxygen atoms in total. The third kappa shape index (κ3) is 6.47. The lowest BCUT2D eigenvalue weighted by atomic mass is 9.68. The fourth-order valence-electron chi connectivity index (χ4n) is 5.00. The minimum Gasteiger partial charge on any atom is -0.481 e. The maximum Gasteiger partial charge on any atom is 0.303 e. The molecular formula is C23H37N3O2. The predicted octanol–water partition coefficient (Wildman–Crippen LogP) is 4.86. The number of pyridine rings is 1. The molecule has 1 aromatic heterocycles. The van der Waals surface area contributed by atoms with Gasteiger partial charge < -0.3 is 15.3 Å². The van der Waals surface area contributed by atoms with Gasteiger partial charge in [-0.1, -0.05) is 25.3 Å². The van der Waals surface area contributed by atoms with Crippen LogP contribution in [0.15, 0.2) is 18.3 Å². The number of aryl methyl sites for hydroxylation is 1. The zero-order valence-corrected chi connectivity index (χ0v) is 17.5. The van der Waals surface area contributed by atoms with Crippen LogP contribution in [0.25, 0.3) is 0 Å². The van der Waals surface area contributed by atoms with Gasteiger partial charge in [0.15, 0.2) is 0 Å². The van der Waals surface area contributed by atoms with Crippen molar-refractivity contribution in [2.75, 3.05) is 25.0 Å². The molecule has 3 rings (SSSR count). The SMILES string of the molecule is Cc1ccc(NC2CCN(CCC3(CCCC(=O)O)CCCCC3)CC2)nc1. The lowest BCUT2D eigenvalue weighted by molar-refractivity contribution is -0.137. The number of hydrogen-bond donors (Lipinski definition) is 2. The Morgan fingerprint density at radius 2 is 1.96 bits per heavy atom. The van der Waals surface area contributed by atoms with Gasteiger partial charge >= 0.3 is 5.97 Å². The lowest BCUT2D eigenvalue weighted by Gasteiger charge is -2.40. The van der Waals surface area contributed by atoms with Crippen LogP contribution in [-0.2, 0) is 4.79 Å². The Labute approximate surface area is 169 Å². The molecule has 0 radical (unpaired) electrons. The number of rotatable bonds is 9. The van der Waals surface area contributed by atoms with E-state index in [4.69, 9.17) is 5.11 Å². The first-order chi connectivity index (χ1) is 13.5. The number of anilines is 1. The molecule has 2 aliphatic rings. The summed E-state index contributed by atoms with van der Waals surface area (Å²) in [7, 11) is 0. The number of nitrogens with zero attached hydrogens (tertiary/aromatic N) is 2. The number of carbonyl (C=O) groups is 1. The van der Waals surface area contributed by atoms with E-state index in [1.54, 1.807) is 0 Å². The maximum absolute atomic E-state index is 10.9. The van der Waals surface area contributed by atoms with E-state index in [9.17, 15) is 4.79 Å². The number of piperidine rings is 1. The minimum atomic E-state index is -0.649. The third-order valence-corrected chi connectivity index (χ3v) is 6.82. The molecular weight excluding hydrogens is 350 g/mol. The molecule has 2 heterocycles. The van der Waals surface area contributed by atoms with Crippen molar-refractivity contribution < 1.29 is 9.90 Å². The van der Waals surface area contributed by atoms with Crippen molar-refractivity contribution in [3.05, 3.63) is 23.9 Å². The summed E-state index contributed by atoms with van der Waals surface area (Å²) in [6.45, 7) is 5.53. The summed E-state index contributed by atoms with van der Waals surface area (Å²) >= 11 is 0. The van der Waals surface area contributed by atoms with Gasteiger partial charge in [0.1, 0.15) is 5.82 Å². The van der Waals surface area contributed by atoms with Crippen molar-refractivity contribution in [1.29, 1.82) is 0 Å². The molecule has 0 aromatic carbocycles. The first-order valence-electron chi connectivity index (χ1n) is 11.2. The molecule has 1 saturated carbocycles. The second-order valence-electron chi connectivity index (χ2n) is 9.04. The second kappa shape index (κ2) is 10.2. The largest absolute Gasteiger partial charge is 0.481 e. The lowest BCUT2D eigenvalue weighted by Crippen LogP contribution is -2.41. The summed E-state index contributed by atoms with van der Waals surface area (Å²) < 4.78 is 0. The van der Waals surface area contributed by atoms with Crippen LogP contribution in [0.3, 0.4) is 0 Å². The zero-order chi connectivity index (χ0) is 19.8. The number of likely N-dealkylation sites (tertiary alicyclic amines) is 1. The van der Waals surface area contributed by atoms with E-state index in [0.29, 0.717) is 17.9 Å². The van der Waals surface area contributed by atoms with Gasteiger partial charge in [0.25, 0.3) is 0 Å². The summed E-state index contributed by atoms with van der Waals surface area (Å²) in [6.07, 6.45) is 14.3. The van der Waals surface area contributed by atoms with Gasteiger partial charge in [0.2, 0.25) is 0 Å². The molecule has 1 aliphatic carbocycles. The van der Waals surface area contributed by atoms with Crippen molar-refractivity contribution in [3.63, 3.8) is 0 Å². The fraction of sp³-hybridized carbons (Fsp3) is 0.739. The van der Waals surface area contributed by atoms with Gasteiger partial charge in [-0.15, -0.1) is 0 Å². The van der Waals surface area contributed by atoms with Gasteiger partial charge in [-0.3, -0.25) is 4.79 Å². The van der Waals surface area contributed by atoms with E-state index >= 15 is 0 Å². The second-order valence-corrected chi connectivity index (χ2v) is 9.04. The first-order valence-corrected chi connectivity index (χ1v) is 11.2. The van der Waals surface area contributed by atoms with E-state index in [2.05, 4.69) is 34.3 Å². The smallest absolute Gasteiger partial charge is 0.303 e. The van der Waals surface area contributed by atoms with Crippen molar-refractivity contribution in [1.82, 2.24) is 9.88 Å². The molecule has 1 aliphatic heterocycles. The summed E-state index contributed by atoms with van der Waals surface area (Å²) in [5, 5.41) is 12.6. The summed E-state index contributed by atoms with van der Waals surface area (Å²) in [4.78, 5) is 18.0. The fourth-order valence-corrected chi connectivity index (χ4v) is 5.00. The van der Waals surface area contributed by atoms with Crippen molar-refractivity contribution in [2.45, 2.75) is 83.6 Å². The van der Waals surface area contributed by atoms with Gasteiger partial charge in [0.05, 0.1) is 0 Å². The van der Waals surface area contributed by atoms with Gasteiger partial charge in [-0.2, -0.15) is 0 Å². The minimum absolute atomic E-state index is 0.325. The third-order valence-electron chi connectivity index (χ3n) is 6.82. The molecule has 5 heteroatoms. The Hall–Kier alpha value is -1.62. The zero-order valence-electron chi connectivity index (χ0n) is 17.5. The van der Waals surface area contributed by atoms with Crippen LogP contribution in [0.4, 0.5) is 5.82 Å². The molecule has 2 fully saturated rings. The number of aliphatic carboxylic acids is 1. The standard InChI is InChI=1S/C23H37N3O2/c1-19-7-8-21(24-18-19)25-20-9-15-26(16-10-20)17-14-23(11-3-2-4-12-23)13-5-6-22(27)28/h7-8,18,20H,2-6,9-17H2,1H3,(H,24,25)(H,27,28). The summed E-state index contributed by atoms with van der Waals surface area (Å²) in [6, 6.07) is 4.70. The van der Waals surface area contributed by atoms with Crippen LogP contribution in [0.2, 0.25) is 0 Å². The van der Waals surface area contributed by atoms with E-state index < -0.39 is 5.97 Å². The molecule has 0 unspecified atom stereocenters. The number of nitrogens with one attached hydrogen (secondary N) is 1. The van der Waals surface area contributed by atoms with E-state index in [0.717, 1.165) is 31.7 Å². The normalized spacial score (nSPS) is 20.8. The average molecular weight is 388 g/mol. The van der Waals surface area contributed by atoms with Gasteiger partial charge in [0, 0.05) is 31.7 Å². The number of carboxylic acids is 1. The molecule has 0 amide bonds. The summed E-state index contributed by atoms with van der Waals surface area (Å²) in [5.41, 5.74) is 1.59. The Bertz CT molecular complexity index is 603. The van der Waals surface area contributed by atoms with Crippen LogP contribution in [0.1, 0.15) is 76.2 Å². The van der Waals surface area contributed by atoms with Gasteiger partial charge in [-0.25, -0.2) is 4.98 Å². The number of hydrogen-bond acceptors (Lipinski definition) is 4. The molecule has 2 N–H and O–H groups in total. The van der Waals surface area contributed by atoms with Crippen LogP contribution in [-0.4, -0.2) is 46.6 Å². The summed E-state index contributed by atoms with van der Waals surface area (Å²) in [5.74, 6) is 0.340. The average Bonchev–Trinajstić information content (AvgIpc) is 2.70. The quantitative estimate of drug-likeness (QED) is 0.633. The molecule has 1 aromatic rings. The van der Waals surface area contributed by atoms with Crippen LogP contribution in [0.5, 0.6) is 0 Å². The topological polar surface area (TPSA) is 65.5 Å². The van der Waals surface area contributed by atoms with Crippen LogP contribution in [0, 0.1) is 12.3 Å². The molecule has 0 spiro atoms. The Kier molecular flexibility index (Phi) is 7.72. The highest BCUT2D eigenvalue weighted by Crippen LogP contribution is 2.43. The number of aromatic nitrogens is 1. The Balaban J connectivity index is 1.42. The Morgan fingerprint density at radius 3 is 2.61 bits per heavy atom. The molecule has 0 atom stereocenters. The van der Waals surface area contributed by atoms with E-state index in [1.165, 1.54) is 63.5 Å². The molecule has 1 saturated heterocycles. The van der Waals surface area contributed by atoms with Gasteiger partial charge in [-0.05, 0) is 75.5 Å². The van der Waals surface area contributed by atoms with Crippen molar-refractivity contribution in [3.8, 4) is 0 Å². The monoisotopic (exact) mass is 387 g/mol. The predicted molar refractivity (Wildman–Crippen MR) is 114 cm³/mol. The molecule has 28 heavy (non-hydrogen) atoms. The highest BCUT2D eigenvalue weighted by molar-refractivity contribution is 5.66. The number of carboxylic acid groups (broad SMARTS) is 1. The van der Waals surface area contributed by atoms with E-state index in [-0.39, 0.29) is 0 Å². The first kappa shape index (κ1) is 21.1. The molecule has 156 valence electrons.